The molecule has 0 heterocycles. The number of carbonyl (C=O) groups is 1. The molecule has 0 aliphatic heterocycles. The van der Waals surface area contributed by atoms with Crippen molar-refractivity contribution in [3.63, 3.8) is 0 Å². The first-order valence-electron chi connectivity index (χ1n) is 5.95. The smallest absolute Gasteiger partial charge is 0.305 e. The van der Waals surface area contributed by atoms with E-state index >= 15 is 0 Å². The third-order valence-corrected chi connectivity index (χ3v) is 2.62. The Hall–Kier alpha value is -0.570. The van der Waals surface area contributed by atoms with Crippen LogP contribution in [0.5, 0.6) is 0 Å². The monoisotopic (exact) mass is 216 g/mol. The van der Waals surface area contributed by atoms with Gasteiger partial charge in [0.1, 0.15) is 0 Å². The van der Waals surface area contributed by atoms with Crippen molar-refractivity contribution in [3.05, 3.63) is 0 Å². The molecule has 0 radical (unpaired) electrons. The predicted molar refractivity (Wildman–Crippen MR) is 60.6 cm³/mol. The molecular formula is C12H24O3. The van der Waals surface area contributed by atoms with Crippen LogP contribution in [-0.2, 0) is 9.53 Å². The largest absolute Gasteiger partial charge is 0.469 e. The summed E-state index contributed by atoms with van der Waals surface area (Å²) >= 11 is 0. The molecule has 15 heavy (non-hydrogen) atoms. The topological polar surface area (TPSA) is 46.5 Å². The van der Waals surface area contributed by atoms with Gasteiger partial charge in [-0.25, -0.2) is 0 Å². The number of ether oxygens (including phenoxy) is 1. The van der Waals surface area contributed by atoms with E-state index in [4.69, 9.17) is 0 Å². The average Bonchev–Trinajstić information content (AvgIpc) is 2.26. The van der Waals surface area contributed by atoms with Crippen LogP contribution in [0.4, 0.5) is 0 Å². The fourth-order valence-corrected chi connectivity index (χ4v) is 1.49. The molecule has 0 saturated carbocycles. The molecule has 90 valence electrons. The molecule has 0 aliphatic carbocycles. The number of methoxy groups -OCH3 is 1. The molecule has 1 atom stereocenters. The lowest BCUT2D eigenvalue weighted by Gasteiger charge is -2.06. The minimum atomic E-state index is -0.125. The third-order valence-electron chi connectivity index (χ3n) is 2.62. The number of esters is 1. The van der Waals surface area contributed by atoms with Gasteiger partial charge in [-0.1, -0.05) is 32.6 Å². The highest BCUT2D eigenvalue weighted by molar-refractivity contribution is 5.68. The summed E-state index contributed by atoms with van der Waals surface area (Å²) in [5.74, 6) is -0.114. The number of rotatable bonds is 9. The van der Waals surface area contributed by atoms with Crippen LogP contribution in [0.2, 0.25) is 0 Å². The first-order chi connectivity index (χ1) is 7.20. The Morgan fingerprint density at radius 1 is 1.20 bits per heavy atom. The second-order valence-electron chi connectivity index (χ2n) is 3.94. The summed E-state index contributed by atoms with van der Waals surface area (Å²) in [7, 11) is 1.43. The summed E-state index contributed by atoms with van der Waals surface area (Å²) in [5.41, 5.74) is 0. The SMILES string of the molecule is CC[C@H](O)CCCCCCCC(=O)OC. The molecule has 0 bridgehead atoms. The summed E-state index contributed by atoms with van der Waals surface area (Å²) in [6.07, 6.45) is 7.56. The molecule has 0 spiro atoms. The minimum absolute atomic E-state index is 0.114. The van der Waals surface area contributed by atoms with Crippen LogP contribution in [0.3, 0.4) is 0 Å². The van der Waals surface area contributed by atoms with Crippen LogP contribution in [-0.4, -0.2) is 24.3 Å². The summed E-state index contributed by atoms with van der Waals surface area (Å²) in [4.78, 5) is 10.8. The Morgan fingerprint density at radius 2 is 1.80 bits per heavy atom. The fourth-order valence-electron chi connectivity index (χ4n) is 1.49. The number of hydrogen-bond acceptors (Lipinski definition) is 3. The fraction of sp³-hybridized carbons (Fsp3) is 0.917. The van der Waals surface area contributed by atoms with Gasteiger partial charge in [-0.15, -0.1) is 0 Å². The van der Waals surface area contributed by atoms with Crippen molar-refractivity contribution in [2.75, 3.05) is 7.11 Å². The first-order valence-corrected chi connectivity index (χ1v) is 5.95. The van der Waals surface area contributed by atoms with E-state index in [2.05, 4.69) is 4.74 Å². The minimum Gasteiger partial charge on any atom is -0.469 e. The van der Waals surface area contributed by atoms with Gasteiger partial charge in [0.25, 0.3) is 0 Å². The molecule has 0 fully saturated rings. The predicted octanol–water partition coefficient (Wildman–Crippen LogP) is 2.66. The average molecular weight is 216 g/mol. The van der Waals surface area contributed by atoms with Gasteiger partial charge >= 0.3 is 5.97 Å². The number of unbranched alkanes of at least 4 members (excludes halogenated alkanes) is 4. The molecule has 0 aliphatic rings. The number of carbonyl (C=O) groups excluding carboxylic acids is 1. The van der Waals surface area contributed by atoms with Gasteiger partial charge in [0.2, 0.25) is 0 Å². The van der Waals surface area contributed by atoms with Gasteiger partial charge in [-0.05, 0) is 19.3 Å². The van der Waals surface area contributed by atoms with E-state index < -0.39 is 0 Å². The summed E-state index contributed by atoms with van der Waals surface area (Å²) in [6, 6.07) is 0. The highest BCUT2D eigenvalue weighted by atomic mass is 16.5. The molecule has 0 amide bonds. The maximum Gasteiger partial charge on any atom is 0.305 e. The maximum atomic E-state index is 10.8. The molecule has 0 rings (SSSR count). The number of aliphatic hydroxyl groups is 1. The molecule has 0 aromatic heterocycles. The van der Waals surface area contributed by atoms with E-state index in [9.17, 15) is 9.90 Å². The highest BCUT2D eigenvalue weighted by Crippen LogP contribution is 2.10. The van der Waals surface area contributed by atoms with Crippen molar-refractivity contribution >= 4 is 5.97 Å². The lowest BCUT2D eigenvalue weighted by molar-refractivity contribution is -0.140. The molecule has 0 saturated heterocycles. The van der Waals surface area contributed by atoms with Crippen molar-refractivity contribution in [1.29, 1.82) is 0 Å². The van der Waals surface area contributed by atoms with E-state index in [0.29, 0.717) is 6.42 Å². The second kappa shape index (κ2) is 9.97. The first kappa shape index (κ1) is 14.4. The van der Waals surface area contributed by atoms with Gasteiger partial charge in [0.05, 0.1) is 13.2 Å². The van der Waals surface area contributed by atoms with Gasteiger partial charge in [-0.2, -0.15) is 0 Å². The summed E-state index contributed by atoms with van der Waals surface area (Å²) in [6.45, 7) is 2.00. The summed E-state index contributed by atoms with van der Waals surface area (Å²) < 4.78 is 4.55. The molecular weight excluding hydrogens is 192 g/mol. The normalized spacial score (nSPS) is 12.5. The van der Waals surface area contributed by atoms with Crippen LogP contribution in [0.25, 0.3) is 0 Å². The van der Waals surface area contributed by atoms with Crippen LogP contribution in [0, 0.1) is 0 Å². The number of hydrogen-bond donors (Lipinski definition) is 1. The number of aliphatic hydroxyl groups excluding tert-OH is 1. The van der Waals surface area contributed by atoms with E-state index in [1.807, 2.05) is 6.92 Å². The molecule has 3 nitrogen and oxygen atoms in total. The Labute approximate surface area is 92.8 Å². The molecule has 3 heteroatoms. The zero-order chi connectivity index (χ0) is 11.5. The Bertz CT molecular complexity index is 157. The van der Waals surface area contributed by atoms with Crippen molar-refractivity contribution in [1.82, 2.24) is 0 Å². The zero-order valence-electron chi connectivity index (χ0n) is 10.00. The molecule has 0 aromatic carbocycles. The van der Waals surface area contributed by atoms with Crippen LogP contribution in [0.15, 0.2) is 0 Å². The van der Waals surface area contributed by atoms with Gasteiger partial charge < -0.3 is 9.84 Å². The van der Waals surface area contributed by atoms with E-state index in [0.717, 1.165) is 44.9 Å². The van der Waals surface area contributed by atoms with Crippen molar-refractivity contribution in [2.24, 2.45) is 0 Å². The zero-order valence-corrected chi connectivity index (χ0v) is 10.00. The van der Waals surface area contributed by atoms with Gasteiger partial charge in [-0.3, -0.25) is 4.79 Å². The highest BCUT2D eigenvalue weighted by Gasteiger charge is 2.01. The lowest BCUT2D eigenvalue weighted by atomic mass is 10.1. The maximum absolute atomic E-state index is 10.8. The standard InChI is InChI=1S/C12H24O3/c1-3-11(13)9-7-5-4-6-8-10-12(14)15-2/h11,13H,3-10H2,1-2H3/t11-/m0/s1. The van der Waals surface area contributed by atoms with Crippen LogP contribution < -0.4 is 0 Å². The van der Waals surface area contributed by atoms with E-state index in [1.54, 1.807) is 0 Å². The van der Waals surface area contributed by atoms with Crippen LogP contribution >= 0.6 is 0 Å². The third kappa shape index (κ3) is 9.73. The van der Waals surface area contributed by atoms with Gasteiger partial charge in [0.15, 0.2) is 0 Å². The lowest BCUT2D eigenvalue weighted by Crippen LogP contribution is -2.03. The van der Waals surface area contributed by atoms with E-state index in [-0.39, 0.29) is 12.1 Å². The van der Waals surface area contributed by atoms with Crippen molar-refractivity contribution < 1.29 is 14.6 Å². The van der Waals surface area contributed by atoms with Gasteiger partial charge in [0, 0.05) is 6.42 Å². The van der Waals surface area contributed by atoms with Crippen molar-refractivity contribution in [3.8, 4) is 0 Å². The molecule has 0 aromatic rings. The molecule has 0 unspecified atom stereocenters. The van der Waals surface area contributed by atoms with Crippen LogP contribution in [0.1, 0.15) is 58.3 Å². The Morgan fingerprint density at radius 3 is 2.40 bits per heavy atom. The second-order valence-corrected chi connectivity index (χ2v) is 3.94. The van der Waals surface area contributed by atoms with Crippen molar-refractivity contribution in [2.45, 2.75) is 64.4 Å². The summed E-state index contributed by atoms with van der Waals surface area (Å²) in [5, 5.41) is 9.30. The quantitative estimate of drug-likeness (QED) is 0.476. The molecule has 1 N–H and O–H groups in total. The Balaban J connectivity index is 3.08. The Kier molecular flexibility index (Phi) is 9.59. The van der Waals surface area contributed by atoms with E-state index in [1.165, 1.54) is 7.11 Å².